The average Bonchev–Trinajstić information content (AvgIpc) is 2.87. The van der Waals surface area contributed by atoms with Gasteiger partial charge in [0.25, 0.3) is 7.37 Å². The second-order valence-electron chi connectivity index (χ2n) is 6.56. The van der Waals surface area contributed by atoms with Crippen LogP contribution >= 0.6 is 7.37 Å². The molecule has 0 saturated carbocycles. The van der Waals surface area contributed by atoms with Crippen molar-refractivity contribution in [3.63, 3.8) is 0 Å². The molecule has 130 valence electrons. The molecule has 1 unspecified atom stereocenters. The highest BCUT2D eigenvalue weighted by molar-refractivity contribution is 7.76. The fourth-order valence-electron chi connectivity index (χ4n) is 2.25. The molecule has 2 rings (SSSR count). The predicted octanol–water partition coefficient (Wildman–Crippen LogP) is 4.21. The molecule has 7 heteroatoms. The zero-order valence-corrected chi connectivity index (χ0v) is 15.4. The Morgan fingerprint density at radius 3 is 2.46 bits per heavy atom. The number of hydrogen-bond acceptors (Lipinski definition) is 5. The third kappa shape index (κ3) is 4.13. The van der Waals surface area contributed by atoms with Crippen LogP contribution in [-0.4, -0.2) is 35.4 Å². The fraction of sp³-hybridized carbons (Fsp3) is 0.412. The smallest absolute Gasteiger partial charge is 0.355 e. The zero-order valence-electron chi connectivity index (χ0n) is 14.5. The molecule has 0 radical (unpaired) electrons. The Hall–Kier alpha value is -1.91. The fourth-order valence-corrected chi connectivity index (χ4v) is 3.47. The van der Waals surface area contributed by atoms with Gasteiger partial charge in [0.05, 0.1) is 6.61 Å². The minimum absolute atomic E-state index is 0.203. The van der Waals surface area contributed by atoms with Gasteiger partial charge in [-0.2, -0.15) is 0 Å². The summed E-state index contributed by atoms with van der Waals surface area (Å²) in [7, 11) is -3.36. The van der Waals surface area contributed by atoms with E-state index < -0.39 is 24.5 Å². The summed E-state index contributed by atoms with van der Waals surface area (Å²) >= 11 is 0. The van der Waals surface area contributed by atoms with Gasteiger partial charge in [0, 0.05) is 23.1 Å². The molecule has 0 amide bonds. The summed E-state index contributed by atoms with van der Waals surface area (Å²) in [6, 6.07) is 6.44. The number of benzene rings is 1. The number of aromatic amines is 1. The number of ether oxygens (including phenoxy) is 1. The first-order valence-electron chi connectivity index (χ1n) is 7.66. The lowest BCUT2D eigenvalue weighted by atomic mass is 10.1. The first kappa shape index (κ1) is 18.4. The van der Waals surface area contributed by atoms with Gasteiger partial charge in [-0.1, -0.05) is 0 Å². The summed E-state index contributed by atoms with van der Waals surface area (Å²) in [6.45, 7) is 8.57. The van der Waals surface area contributed by atoms with E-state index in [1.807, 2.05) is 0 Å². The number of fused-ring (bicyclic) bond motifs is 1. The van der Waals surface area contributed by atoms with Crippen molar-refractivity contribution in [2.24, 2.45) is 0 Å². The van der Waals surface area contributed by atoms with E-state index in [2.05, 4.69) is 4.98 Å². The second-order valence-corrected chi connectivity index (χ2v) is 8.91. The van der Waals surface area contributed by atoms with Crippen molar-refractivity contribution >= 4 is 29.8 Å². The number of rotatable bonds is 5. The maximum absolute atomic E-state index is 12.3. The van der Waals surface area contributed by atoms with Gasteiger partial charge in [0.2, 0.25) is 5.52 Å². The summed E-state index contributed by atoms with van der Waals surface area (Å²) < 4.78 is 22.7. The Bertz CT molecular complexity index is 831. The van der Waals surface area contributed by atoms with Gasteiger partial charge < -0.3 is 14.2 Å². The Labute approximate surface area is 141 Å². The Balaban J connectivity index is 2.34. The molecule has 0 bridgehead atoms. The van der Waals surface area contributed by atoms with Crippen molar-refractivity contribution in [2.75, 3.05) is 13.3 Å². The highest BCUT2D eigenvalue weighted by atomic mass is 31.2. The van der Waals surface area contributed by atoms with Crippen molar-refractivity contribution in [1.82, 2.24) is 4.98 Å². The van der Waals surface area contributed by atoms with E-state index >= 15 is 0 Å². The third-order valence-corrected chi connectivity index (χ3v) is 4.98. The number of esters is 1. The third-order valence-electron chi connectivity index (χ3n) is 3.23. The van der Waals surface area contributed by atoms with Crippen LogP contribution in [0.2, 0.25) is 0 Å². The van der Waals surface area contributed by atoms with E-state index in [0.717, 1.165) is 0 Å². The molecule has 1 aromatic heterocycles. The molecular weight excluding hydrogens is 329 g/mol. The maximum Gasteiger partial charge on any atom is 0.355 e. The number of carbonyl (C=O) groups is 2. The Morgan fingerprint density at radius 1 is 1.21 bits per heavy atom. The number of carbonyl (C=O) groups excluding carboxylic acids is 2. The summed E-state index contributed by atoms with van der Waals surface area (Å²) in [5.74, 6) is -0.470. The number of H-pyrrole nitrogens is 1. The summed E-state index contributed by atoms with van der Waals surface area (Å²) in [5, 5.41) is 0.665. The Morgan fingerprint density at radius 2 is 1.88 bits per heavy atom. The van der Waals surface area contributed by atoms with Crippen LogP contribution in [-0.2, 0) is 13.8 Å². The number of hydrogen-bond donors (Lipinski definition) is 1. The topological polar surface area (TPSA) is 85.5 Å². The summed E-state index contributed by atoms with van der Waals surface area (Å²) in [4.78, 5) is 27.4. The molecular formula is C17H22NO5P. The van der Waals surface area contributed by atoms with Crippen molar-refractivity contribution < 1.29 is 23.4 Å². The SMILES string of the molecule is CCOP(C)(=O)C(=O)c1ccc2[nH]c(C(=O)OC(C)(C)C)cc2c1. The lowest BCUT2D eigenvalue weighted by molar-refractivity contribution is 0.00638. The van der Waals surface area contributed by atoms with Crippen LogP contribution in [0.5, 0.6) is 0 Å². The lowest BCUT2D eigenvalue weighted by Crippen LogP contribution is -2.24. The van der Waals surface area contributed by atoms with E-state index in [0.29, 0.717) is 16.6 Å². The molecule has 1 N–H and O–H groups in total. The van der Waals surface area contributed by atoms with Crippen LogP contribution in [0.1, 0.15) is 48.5 Å². The molecule has 0 spiro atoms. The van der Waals surface area contributed by atoms with Crippen molar-refractivity contribution in [2.45, 2.75) is 33.3 Å². The Kier molecular flexibility index (Phi) is 5.02. The van der Waals surface area contributed by atoms with E-state index in [9.17, 15) is 14.2 Å². The first-order valence-corrected chi connectivity index (χ1v) is 9.74. The molecule has 0 saturated heterocycles. The molecule has 0 aliphatic rings. The largest absolute Gasteiger partial charge is 0.455 e. The predicted molar refractivity (Wildman–Crippen MR) is 93.0 cm³/mol. The first-order chi connectivity index (χ1) is 11.0. The molecule has 0 fully saturated rings. The highest BCUT2D eigenvalue weighted by Gasteiger charge is 2.28. The van der Waals surface area contributed by atoms with Gasteiger partial charge >= 0.3 is 5.97 Å². The molecule has 0 aliphatic heterocycles. The van der Waals surface area contributed by atoms with E-state index in [1.165, 1.54) is 6.66 Å². The van der Waals surface area contributed by atoms with Crippen LogP contribution < -0.4 is 0 Å². The summed E-state index contributed by atoms with van der Waals surface area (Å²) in [6.07, 6.45) is 0. The van der Waals surface area contributed by atoms with Crippen molar-refractivity contribution in [3.05, 3.63) is 35.5 Å². The van der Waals surface area contributed by atoms with Gasteiger partial charge in [-0.25, -0.2) is 4.79 Å². The average molecular weight is 351 g/mol. The van der Waals surface area contributed by atoms with Gasteiger partial charge in [-0.3, -0.25) is 9.36 Å². The minimum atomic E-state index is -3.36. The van der Waals surface area contributed by atoms with Gasteiger partial charge in [-0.05, 0) is 52.0 Å². The molecule has 2 aromatic rings. The van der Waals surface area contributed by atoms with Gasteiger partial charge in [-0.15, -0.1) is 0 Å². The zero-order chi connectivity index (χ0) is 18.1. The van der Waals surface area contributed by atoms with Gasteiger partial charge in [0.1, 0.15) is 11.3 Å². The molecule has 24 heavy (non-hydrogen) atoms. The highest BCUT2D eigenvalue weighted by Crippen LogP contribution is 2.46. The summed E-state index contributed by atoms with van der Waals surface area (Å²) in [5.41, 5.74) is 0.147. The number of nitrogens with one attached hydrogen (secondary N) is 1. The van der Waals surface area contributed by atoms with Gasteiger partial charge in [0.15, 0.2) is 0 Å². The molecule has 1 heterocycles. The van der Waals surface area contributed by atoms with Crippen LogP contribution in [0.25, 0.3) is 10.9 Å². The van der Waals surface area contributed by atoms with E-state index in [4.69, 9.17) is 9.26 Å². The molecule has 0 aliphatic carbocycles. The molecule has 1 aromatic carbocycles. The quantitative estimate of drug-likeness (QED) is 0.644. The van der Waals surface area contributed by atoms with E-state index in [1.54, 1.807) is 52.0 Å². The number of aromatic nitrogens is 1. The van der Waals surface area contributed by atoms with Crippen LogP contribution in [0.4, 0.5) is 0 Å². The van der Waals surface area contributed by atoms with Crippen LogP contribution in [0, 0.1) is 0 Å². The van der Waals surface area contributed by atoms with Crippen molar-refractivity contribution in [1.29, 1.82) is 0 Å². The minimum Gasteiger partial charge on any atom is -0.455 e. The lowest BCUT2D eigenvalue weighted by Gasteiger charge is -2.18. The maximum atomic E-state index is 12.3. The standard InChI is InChI=1S/C17H22NO5P/c1-6-22-24(5,21)16(20)11-7-8-13-12(9-11)10-14(18-13)15(19)23-17(2,3)4/h7-10,18H,6H2,1-5H3. The van der Waals surface area contributed by atoms with Crippen molar-refractivity contribution in [3.8, 4) is 0 Å². The second kappa shape index (κ2) is 6.54. The van der Waals surface area contributed by atoms with Crippen LogP contribution in [0.3, 0.4) is 0 Å². The molecule has 1 atom stereocenters. The monoisotopic (exact) mass is 351 g/mol. The molecule has 6 nitrogen and oxygen atoms in total. The normalized spacial score (nSPS) is 14.4. The van der Waals surface area contributed by atoms with E-state index in [-0.39, 0.29) is 12.2 Å². The van der Waals surface area contributed by atoms with Crippen LogP contribution in [0.15, 0.2) is 24.3 Å².